The summed E-state index contributed by atoms with van der Waals surface area (Å²) in [5.74, 6) is 2.43. The summed E-state index contributed by atoms with van der Waals surface area (Å²) in [6, 6.07) is 62.4. The lowest BCUT2D eigenvalue weighted by atomic mass is 9.78. The maximum Gasteiger partial charge on any atom is 0.137 e. The molecule has 0 fully saturated rings. The SMILES string of the molecule is CC(C)(C)c1cc(N2CN(c3cc(Oc4ccc5c6cc(C(C)(C)c7ccccc7)ccc6n(-c6cc(C(C)(C)C)ccn6)c5c4)cc(C(C)(C)c4ccccc4)c3)c3ccccc32)cc(C(C)(C)C)c1. The number of ether oxygens (including phenoxy) is 1. The zero-order valence-electron chi connectivity index (χ0n) is 44.1. The van der Waals surface area contributed by atoms with Gasteiger partial charge in [0.15, 0.2) is 0 Å². The van der Waals surface area contributed by atoms with Gasteiger partial charge in [0.1, 0.15) is 24.0 Å². The summed E-state index contributed by atoms with van der Waals surface area (Å²) < 4.78 is 9.51. The van der Waals surface area contributed by atoms with Crippen molar-refractivity contribution in [1.82, 2.24) is 9.55 Å². The van der Waals surface area contributed by atoms with E-state index in [1.54, 1.807) is 0 Å². The lowest BCUT2D eigenvalue weighted by Crippen LogP contribution is -2.26. The molecule has 5 nitrogen and oxygen atoms in total. The first-order valence-corrected chi connectivity index (χ1v) is 25.4. The number of hydrogen-bond donors (Lipinski definition) is 0. The minimum absolute atomic E-state index is 0.00882. The highest BCUT2D eigenvalue weighted by molar-refractivity contribution is 6.10. The highest BCUT2D eigenvalue weighted by atomic mass is 16.5. The molecule has 9 aromatic rings. The molecular formula is C66H70N4O. The van der Waals surface area contributed by atoms with Gasteiger partial charge in [-0.15, -0.1) is 0 Å². The van der Waals surface area contributed by atoms with Gasteiger partial charge in [0.2, 0.25) is 0 Å². The van der Waals surface area contributed by atoms with Gasteiger partial charge in [0.25, 0.3) is 0 Å². The van der Waals surface area contributed by atoms with Crippen LogP contribution in [0.2, 0.25) is 0 Å². The quantitative estimate of drug-likeness (QED) is 0.144. The summed E-state index contributed by atoms with van der Waals surface area (Å²) in [6.45, 7) is 30.6. The second-order valence-corrected chi connectivity index (χ2v) is 24.0. The number of fused-ring (bicyclic) bond motifs is 4. The van der Waals surface area contributed by atoms with Crippen LogP contribution in [0, 0.1) is 0 Å². The van der Waals surface area contributed by atoms with Crippen LogP contribution >= 0.6 is 0 Å². The van der Waals surface area contributed by atoms with E-state index in [1.165, 1.54) is 55.7 Å². The minimum atomic E-state index is -0.331. The molecular weight excluding hydrogens is 865 g/mol. The van der Waals surface area contributed by atoms with Crippen LogP contribution < -0.4 is 14.5 Å². The van der Waals surface area contributed by atoms with Crippen LogP contribution in [0.1, 0.15) is 129 Å². The van der Waals surface area contributed by atoms with E-state index < -0.39 is 0 Å². The molecule has 0 saturated heterocycles. The largest absolute Gasteiger partial charge is 0.457 e. The average Bonchev–Trinajstić information content (AvgIpc) is 3.89. The first kappa shape index (κ1) is 47.6. The lowest BCUT2D eigenvalue weighted by molar-refractivity contribution is 0.480. The Morgan fingerprint density at radius 3 is 1.49 bits per heavy atom. The van der Waals surface area contributed by atoms with Crippen LogP contribution in [0.25, 0.3) is 27.6 Å². The third-order valence-electron chi connectivity index (χ3n) is 15.2. The second-order valence-electron chi connectivity index (χ2n) is 24.0. The maximum absolute atomic E-state index is 7.19. The number of aromatic nitrogens is 2. The van der Waals surface area contributed by atoms with Crippen molar-refractivity contribution in [3.8, 4) is 17.3 Å². The zero-order chi connectivity index (χ0) is 50.3. The monoisotopic (exact) mass is 935 g/mol. The Balaban J connectivity index is 1.12. The Kier molecular flexibility index (Phi) is 11.6. The Hall–Kier alpha value is -7.11. The minimum Gasteiger partial charge on any atom is -0.457 e. The van der Waals surface area contributed by atoms with Gasteiger partial charge >= 0.3 is 0 Å². The number of benzene rings is 7. The summed E-state index contributed by atoms with van der Waals surface area (Å²) in [6.07, 6.45) is 1.95. The van der Waals surface area contributed by atoms with Crippen molar-refractivity contribution < 1.29 is 4.74 Å². The normalized spacial score (nSPS) is 13.6. The predicted octanol–water partition coefficient (Wildman–Crippen LogP) is 17.8. The third-order valence-corrected chi connectivity index (χ3v) is 15.2. The molecule has 0 amide bonds. The Morgan fingerprint density at radius 2 is 0.915 bits per heavy atom. The molecule has 0 aliphatic carbocycles. The molecule has 0 saturated carbocycles. The van der Waals surface area contributed by atoms with Crippen molar-refractivity contribution >= 4 is 44.6 Å². The highest BCUT2D eigenvalue weighted by Gasteiger charge is 2.33. The molecule has 71 heavy (non-hydrogen) atoms. The molecule has 5 heteroatoms. The Morgan fingerprint density at radius 1 is 0.380 bits per heavy atom. The van der Waals surface area contributed by atoms with Gasteiger partial charge in [0.05, 0.1) is 22.4 Å². The molecule has 0 atom stereocenters. The zero-order valence-corrected chi connectivity index (χ0v) is 44.1. The average molecular weight is 935 g/mol. The third kappa shape index (κ3) is 8.90. The molecule has 0 bridgehead atoms. The molecule has 360 valence electrons. The van der Waals surface area contributed by atoms with Crippen molar-refractivity contribution in [3.05, 3.63) is 215 Å². The number of para-hydroxylation sites is 2. The van der Waals surface area contributed by atoms with E-state index in [-0.39, 0.29) is 27.1 Å². The predicted molar refractivity (Wildman–Crippen MR) is 300 cm³/mol. The summed E-state index contributed by atoms with van der Waals surface area (Å²) >= 11 is 0. The molecule has 0 radical (unpaired) electrons. The first-order valence-electron chi connectivity index (χ1n) is 25.4. The molecule has 2 aromatic heterocycles. The van der Waals surface area contributed by atoms with Crippen molar-refractivity contribution in [1.29, 1.82) is 0 Å². The van der Waals surface area contributed by atoms with E-state index in [0.29, 0.717) is 6.67 Å². The van der Waals surface area contributed by atoms with Crippen molar-refractivity contribution in [2.75, 3.05) is 16.5 Å². The van der Waals surface area contributed by atoms with Crippen molar-refractivity contribution in [2.24, 2.45) is 0 Å². The molecule has 3 heterocycles. The first-order chi connectivity index (χ1) is 33.6. The van der Waals surface area contributed by atoms with Crippen LogP contribution in [-0.2, 0) is 27.1 Å². The van der Waals surface area contributed by atoms with E-state index >= 15 is 0 Å². The number of pyridine rings is 1. The fourth-order valence-corrected chi connectivity index (χ4v) is 10.3. The maximum atomic E-state index is 7.19. The van der Waals surface area contributed by atoms with Crippen LogP contribution in [0.3, 0.4) is 0 Å². The van der Waals surface area contributed by atoms with Gasteiger partial charge < -0.3 is 14.5 Å². The topological polar surface area (TPSA) is 33.5 Å². The molecule has 1 aliphatic rings. The second kappa shape index (κ2) is 17.3. The van der Waals surface area contributed by atoms with Crippen LogP contribution in [-0.4, -0.2) is 16.2 Å². The number of hydrogen-bond acceptors (Lipinski definition) is 4. The van der Waals surface area contributed by atoms with E-state index in [1.807, 2.05) is 6.20 Å². The molecule has 1 aliphatic heterocycles. The molecule has 0 spiro atoms. The summed E-state index contributed by atoms with van der Waals surface area (Å²) in [4.78, 5) is 9.98. The summed E-state index contributed by atoms with van der Waals surface area (Å²) in [5.41, 5.74) is 15.0. The van der Waals surface area contributed by atoms with Crippen LogP contribution in [0.15, 0.2) is 176 Å². The molecule has 0 N–H and O–H groups in total. The van der Waals surface area contributed by atoms with Crippen LogP contribution in [0.4, 0.5) is 22.7 Å². The number of anilines is 4. The van der Waals surface area contributed by atoms with Crippen molar-refractivity contribution in [2.45, 2.75) is 117 Å². The van der Waals surface area contributed by atoms with E-state index in [4.69, 9.17) is 9.72 Å². The standard InChI is InChI=1S/C66H70N4O/c1-62(2,3)46-32-33-67-61(40-46)70-57-31-28-47(65(10,11)44-22-16-14-17-23-44)39-56(57)55-30-29-53(42-60(55)70)71-54-38-50(66(12,13)45-24-18-15-19-25-45)37-52(41-54)69-43-68(58-26-20-21-27-59(58)69)51-35-48(63(4,5)6)34-49(36-51)64(7,8)9/h14-42H,43H2,1-13H3. The summed E-state index contributed by atoms with van der Waals surface area (Å²) in [5, 5.41) is 2.34. The van der Waals surface area contributed by atoms with Crippen molar-refractivity contribution in [3.63, 3.8) is 0 Å². The van der Waals surface area contributed by atoms with E-state index in [0.717, 1.165) is 45.1 Å². The Bertz CT molecular complexity index is 3400. The molecule has 7 aromatic carbocycles. The van der Waals surface area contributed by atoms with E-state index in [9.17, 15) is 0 Å². The van der Waals surface area contributed by atoms with Crippen LogP contribution in [0.5, 0.6) is 11.5 Å². The van der Waals surface area contributed by atoms with Gasteiger partial charge in [-0.1, -0.05) is 175 Å². The van der Waals surface area contributed by atoms with Gasteiger partial charge in [-0.2, -0.15) is 0 Å². The molecule has 0 unspecified atom stereocenters. The number of nitrogens with zero attached hydrogens (tertiary/aromatic N) is 4. The molecule has 10 rings (SSSR count). The smallest absolute Gasteiger partial charge is 0.137 e. The van der Waals surface area contributed by atoms with E-state index in [2.05, 4.69) is 274 Å². The fourth-order valence-electron chi connectivity index (χ4n) is 10.3. The van der Waals surface area contributed by atoms with Gasteiger partial charge in [-0.25, -0.2) is 4.98 Å². The highest BCUT2D eigenvalue weighted by Crippen LogP contribution is 2.48. The van der Waals surface area contributed by atoms with Gasteiger partial charge in [-0.05, 0) is 128 Å². The fraction of sp³-hybridized carbons (Fsp3) is 0.288. The summed E-state index contributed by atoms with van der Waals surface area (Å²) in [7, 11) is 0. The lowest BCUT2D eigenvalue weighted by Gasteiger charge is -2.30. The van der Waals surface area contributed by atoms with Gasteiger partial charge in [0, 0.05) is 51.3 Å². The number of rotatable bonds is 9. The Labute approximate surface area is 422 Å². The van der Waals surface area contributed by atoms with Gasteiger partial charge in [-0.3, -0.25) is 4.57 Å².